The Kier molecular flexibility index (Phi) is 6.04. The van der Waals surface area contributed by atoms with Crippen molar-refractivity contribution in [3.63, 3.8) is 0 Å². The fourth-order valence-electron chi connectivity index (χ4n) is 2.21. The zero-order valence-electron chi connectivity index (χ0n) is 12.7. The number of hydrogen-bond donors (Lipinski definition) is 2. The van der Waals surface area contributed by atoms with Crippen molar-refractivity contribution in [1.82, 2.24) is 15.1 Å². The molecule has 0 aliphatic rings. The Morgan fingerprint density at radius 2 is 2.30 bits per heavy atom. The third-order valence-corrected chi connectivity index (χ3v) is 4.08. The monoisotopic (exact) mass is 376 g/mol. The minimum absolute atomic E-state index is 0.0590. The number of carbonyl (C=O) groups excluding carboxylic acids is 1. The summed E-state index contributed by atoms with van der Waals surface area (Å²) in [7, 11) is 1.77. The number of aliphatic hydroxyl groups excluding tert-OH is 1. The van der Waals surface area contributed by atoms with Gasteiger partial charge in [-0.25, -0.2) is 0 Å². The van der Waals surface area contributed by atoms with Gasteiger partial charge in [-0.2, -0.15) is 10.4 Å². The second kappa shape index (κ2) is 8.02. The molecule has 0 atom stereocenters. The molecule has 23 heavy (non-hydrogen) atoms. The van der Waals surface area contributed by atoms with Crippen molar-refractivity contribution >= 4 is 21.7 Å². The van der Waals surface area contributed by atoms with Crippen LogP contribution in [0.25, 0.3) is 0 Å². The first kappa shape index (κ1) is 17.3. The maximum atomic E-state index is 12.4. The Bertz CT molecular complexity index is 749. The van der Waals surface area contributed by atoms with Crippen molar-refractivity contribution in [3.8, 4) is 6.07 Å². The number of aryl methyl sites for hydroxylation is 1. The standard InChI is InChI=1S/C16H17BrN4O2/c1-21-12(10-19-5-6-22)8-15(20-21)16(23)7-11-3-2-4-14(17)13(11)9-18/h2-4,8,19,22H,5-7,10H2,1H3. The number of carbonyl (C=O) groups is 1. The van der Waals surface area contributed by atoms with Gasteiger partial charge in [0.2, 0.25) is 0 Å². The van der Waals surface area contributed by atoms with Crippen LogP contribution in [0.2, 0.25) is 0 Å². The number of hydrogen-bond acceptors (Lipinski definition) is 5. The smallest absolute Gasteiger partial charge is 0.187 e. The second-order valence-corrected chi connectivity index (χ2v) is 5.88. The lowest BCUT2D eigenvalue weighted by molar-refractivity contribution is 0.0987. The molecule has 0 aliphatic carbocycles. The molecule has 0 amide bonds. The van der Waals surface area contributed by atoms with Gasteiger partial charge in [-0.05, 0) is 33.6 Å². The molecular formula is C16H17BrN4O2. The number of benzene rings is 1. The van der Waals surface area contributed by atoms with Gasteiger partial charge in [0.1, 0.15) is 11.8 Å². The molecule has 6 nitrogen and oxygen atoms in total. The third kappa shape index (κ3) is 4.26. The first-order valence-electron chi connectivity index (χ1n) is 7.12. The van der Waals surface area contributed by atoms with Crippen molar-refractivity contribution in [2.75, 3.05) is 13.2 Å². The van der Waals surface area contributed by atoms with Crippen LogP contribution in [0.4, 0.5) is 0 Å². The highest BCUT2D eigenvalue weighted by atomic mass is 79.9. The summed E-state index contributed by atoms with van der Waals surface area (Å²) in [5, 5.41) is 25.3. The van der Waals surface area contributed by atoms with Gasteiger partial charge in [0.05, 0.1) is 17.9 Å². The Balaban J connectivity index is 2.14. The molecule has 0 saturated heterocycles. The van der Waals surface area contributed by atoms with Crippen LogP contribution in [0.5, 0.6) is 0 Å². The maximum Gasteiger partial charge on any atom is 0.187 e. The molecule has 2 aromatic rings. The highest BCUT2D eigenvalue weighted by Gasteiger charge is 2.16. The number of ketones is 1. The van der Waals surface area contributed by atoms with Crippen LogP contribution in [0.1, 0.15) is 27.3 Å². The van der Waals surface area contributed by atoms with Crippen LogP contribution in [0.3, 0.4) is 0 Å². The average Bonchev–Trinajstić information content (AvgIpc) is 2.89. The van der Waals surface area contributed by atoms with Gasteiger partial charge in [-0.1, -0.05) is 12.1 Å². The Labute approximate surface area is 142 Å². The van der Waals surface area contributed by atoms with E-state index in [1.54, 1.807) is 36.0 Å². The minimum atomic E-state index is -0.136. The molecule has 1 aromatic heterocycles. The average molecular weight is 377 g/mol. The van der Waals surface area contributed by atoms with Crippen molar-refractivity contribution in [3.05, 3.63) is 51.3 Å². The van der Waals surface area contributed by atoms with E-state index in [0.717, 1.165) is 5.69 Å². The summed E-state index contributed by atoms with van der Waals surface area (Å²) < 4.78 is 2.32. The quantitative estimate of drug-likeness (QED) is 0.565. The lowest BCUT2D eigenvalue weighted by Gasteiger charge is -2.03. The summed E-state index contributed by atoms with van der Waals surface area (Å²) in [4.78, 5) is 12.4. The molecule has 2 rings (SSSR count). The van der Waals surface area contributed by atoms with Crippen LogP contribution < -0.4 is 5.32 Å². The fourth-order valence-corrected chi connectivity index (χ4v) is 2.70. The third-order valence-electron chi connectivity index (χ3n) is 3.42. The molecule has 0 saturated carbocycles. The zero-order valence-corrected chi connectivity index (χ0v) is 14.3. The van der Waals surface area contributed by atoms with E-state index in [0.29, 0.717) is 34.4 Å². The predicted molar refractivity (Wildman–Crippen MR) is 88.9 cm³/mol. The number of rotatable bonds is 7. The fraction of sp³-hybridized carbons (Fsp3) is 0.312. The van der Waals surface area contributed by atoms with E-state index >= 15 is 0 Å². The summed E-state index contributed by atoms with van der Waals surface area (Å²) >= 11 is 3.32. The van der Waals surface area contributed by atoms with Crippen molar-refractivity contribution in [2.45, 2.75) is 13.0 Å². The molecule has 7 heteroatoms. The van der Waals surface area contributed by atoms with Crippen LogP contribution in [0, 0.1) is 11.3 Å². The van der Waals surface area contributed by atoms with Gasteiger partial charge in [0.25, 0.3) is 0 Å². The number of nitrogens with one attached hydrogen (secondary N) is 1. The molecule has 120 valence electrons. The number of halogens is 1. The molecule has 1 aromatic carbocycles. The number of aromatic nitrogens is 2. The zero-order chi connectivity index (χ0) is 16.8. The molecule has 0 unspecified atom stereocenters. The minimum Gasteiger partial charge on any atom is -0.395 e. The van der Waals surface area contributed by atoms with Crippen molar-refractivity contribution in [1.29, 1.82) is 5.26 Å². The molecule has 2 N–H and O–H groups in total. The van der Waals surface area contributed by atoms with Gasteiger partial charge < -0.3 is 10.4 Å². The number of aliphatic hydroxyl groups is 1. The van der Waals surface area contributed by atoms with Crippen LogP contribution in [0.15, 0.2) is 28.7 Å². The number of nitrogens with zero attached hydrogens (tertiary/aromatic N) is 3. The van der Waals surface area contributed by atoms with E-state index < -0.39 is 0 Å². The van der Waals surface area contributed by atoms with Crippen molar-refractivity contribution < 1.29 is 9.90 Å². The molecule has 0 aliphatic heterocycles. The van der Waals surface area contributed by atoms with Crippen molar-refractivity contribution in [2.24, 2.45) is 7.05 Å². The molecule has 0 radical (unpaired) electrons. The Morgan fingerprint density at radius 1 is 1.52 bits per heavy atom. The van der Waals surface area contributed by atoms with Crippen LogP contribution in [-0.2, 0) is 20.0 Å². The molecular weight excluding hydrogens is 360 g/mol. The van der Waals surface area contributed by atoms with Crippen LogP contribution in [-0.4, -0.2) is 33.8 Å². The summed E-state index contributed by atoms with van der Waals surface area (Å²) in [5.41, 5.74) is 2.38. The van der Waals surface area contributed by atoms with E-state index in [1.807, 2.05) is 0 Å². The highest BCUT2D eigenvalue weighted by molar-refractivity contribution is 9.10. The summed E-state index contributed by atoms with van der Waals surface area (Å²) in [6, 6.07) is 9.20. The Hall–Kier alpha value is -2.01. The predicted octanol–water partition coefficient (Wildman–Crippen LogP) is 1.56. The molecule has 0 spiro atoms. The molecule has 1 heterocycles. The SMILES string of the molecule is Cn1nc(C(=O)Cc2cccc(Br)c2C#N)cc1CNCCO. The largest absolute Gasteiger partial charge is 0.395 e. The normalized spacial score (nSPS) is 10.5. The Morgan fingerprint density at radius 3 is 3.00 bits per heavy atom. The lowest BCUT2D eigenvalue weighted by Crippen LogP contribution is -2.19. The lowest BCUT2D eigenvalue weighted by atomic mass is 10.0. The van der Waals surface area contributed by atoms with E-state index in [1.165, 1.54) is 0 Å². The summed E-state index contributed by atoms with van der Waals surface area (Å²) in [6.45, 7) is 1.07. The number of Topliss-reactive ketones (excluding diaryl/α,β-unsaturated/α-hetero) is 1. The van der Waals surface area contributed by atoms with E-state index in [9.17, 15) is 10.1 Å². The van der Waals surface area contributed by atoms with Gasteiger partial charge >= 0.3 is 0 Å². The van der Waals surface area contributed by atoms with Gasteiger partial charge in [0.15, 0.2) is 5.78 Å². The maximum absolute atomic E-state index is 12.4. The van der Waals surface area contributed by atoms with Gasteiger partial charge in [0, 0.05) is 31.0 Å². The highest BCUT2D eigenvalue weighted by Crippen LogP contribution is 2.21. The topological polar surface area (TPSA) is 90.9 Å². The van der Waals surface area contributed by atoms with E-state index in [2.05, 4.69) is 32.4 Å². The van der Waals surface area contributed by atoms with Crippen LogP contribution >= 0.6 is 15.9 Å². The second-order valence-electron chi connectivity index (χ2n) is 5.03. The van der Waals surface area contributed by atoms with Gasteiger partial charge in [-0.15, -0.1) is 0 Å². The van der Waals surface area contributed by atoms with E-state index in [-0.39, 0.29) is 18.8 Å². The van der Waals surface area contributed by atoms with Gasteiger partial charge in [-0.3, -0.25) is 9.48 Å². The van der Waals surface area contributed by atoms with E-state index in [4.69, 9.17) is 5.11 Å². The number of nitriles is 1. The first-order valence-corrected chi connectivity index (χ1v) is 7.91. The first-order chi connectivity index (χ1) is 11.1. The summed E-state index contributed by atoms with van der Waals surface area (Å²) in [5.74, 6) is -0.136. The summed E-state index contributed by atoms with van der Waals surface area (Å²) in [6.07, 6.45) is 0.128. The molecule has 0 fully saturated rings. The molecule has 0 bridgehead atoms.